The highest BCUT2D eigenvalue weighted by atomic mass is 35.5. The Morgan fingerprint density at radius 3 is 3.00 bits per heavy atom. The molecule has 1 aliphatic heterocycles. The van der Waals surface area contributed by atoms with Crippen molar-refractivity contribution in [1.82, 2.24) is 9.88 Å². The summed E-state index contributed by atoms with van der Waals surface area (Å²) in [6.45, 7) is 1.98. The van der Waals surface area contributed by atoms with Gasteiger partial charge in [0.2, 0.25) is 0 Å². The van der Waals surface area contributed by atoms with Crippen LogP contribution < -0.4 is 0 Å². The molecular formula is C17H15ClN2S2. The topological polar surface area (TPSA) is 16.1 Å². The predicted molar refractivity (Wildman–Crippen MR) is 93.8 cm³/mol. The van der Waals surface area contributed by atoms with Gasteiger partial charge in [0.15, 0.2) is 0 Å². The SMILES string of the molecule is Clc1cc(CN2CCc3sccc3[C@@H]2c2cccs2)ccn1. The molecule has 4 rings (SSSR count). The third-order valence-electron chi connectivity index (χ3n) is 4.06. The van der Waals surface area contributed by atoms with Crippen LogP contribution in [0, 0.1) is 0 Å². The maximum Gasteiger partial charge on any atom is 0.129 e. The second-order valence-corrected chi connectivity index (χ2v) is 7.79. The lowest BCUT2D eigenvalue weighted by molar-refractivity contribution is 0.209. The molecule has 0 unspecified atom stereocenters. The Balaban J connectivity index is 1.69. The molecule has 0 bridgehead atoms. The average Bonchev–Trinajstić information content (AvgIpc) is 3.18. The van der Waals surface area contributed by atoms with Gasteiger partial charge in [0.25, 0.3) is 0 Å². The van der Waals surface area contributed by atoms with Gasteiger partial charge < -0.3 is 0 Å². The molecule has 0 radical (unpaired) electrons. The maximum absolute atomic E-state index is 6.04. The van der Waals surface area contributed by atoms with Gasteiger partial charge in [0.05, 0.1) is 6.04 Å². The van der Waals surface area contributed by atoms with Crippen LogP contribution in [-0.4, -0.2) is 16.4 Å². The van der Waals surface area contributed by atoms with Crippen LogP contribution in [-0.2, 0) is 13.0 Å². The number of aromatic nitrogens is 1. The first-order valence-electron chi connectivity index (χ1n) is 7.25. The molecule has 3 aromatic rings. The van der Waals surface area contributed by atoms with E-state index in [0.717, 1.165) is 19.5 Å². The summed E-state index contributed by atoms with van der Waals surface area (Å²) in [5.74, 6) is 0. The predicted octanol–water partition coefficient (Wildman–Crippen LogP) is 5.01. The van der Waals surface area contributed by atoms with Gasteiger partial charge in [-0.2, -0.15) is 0 Å². The molecule has 3 aromatic heterocycles. The number of nitrogens with zero attached hydrogens (tertiary/aromatic N) is 2. The highest BCUT2D eigenvalue weighted by Gasteiger charge is 2.30. The number of fused-ring (bicyclic) bond motifs is 1. The number of halogens is 1. The van der Waals surface area contributed by atoms with Crippen LogP contribution in [0.3, 0.4) is 0 Å². The normalized spacial score (nSPS) is 18.3. The van der Waals surface area contributed by atoms with E-state index in [2.05, 4.69) is 44.9 Å². The Kier molecular flexibility index (Phi) is 4.01. The van der Waals surface area contributed by atoms with Crippen molar-refractivity contribution in [3.05, 3.63) is 73.3 Å². The molecule has 0 saturated carbocycles. The van der Waals surface area contributed by atoms with Crippen molar-refractivity contribution in [3.63, 3.8) is 0 Å². The van der Waals surface area contributed by atoms with Crippen LogP contribution in [0.4, 0.5) is 0 Å². The number of hydrogen-bond acceptors (Lipinski definition) is 4. The molecule has 0 amide bonds. The second kappa shape index (κ2) is 6.13. The first-order chi connectivity index (χ1) is 10.8. The number of thiophene rings is 2. The first-order valence-corrected chi connectivity index (χ1v) is 9.39. The lowest BCUT2D eigenvalue weighted by atomic mass is 9.98. The maximum atomic E-state index is 6.04. The van der Waals surface area contributed by atoms with E-state index in [1.54, 1.807) is 6.20 Å². The Hall–Kier alpha value is -1.20. The highest BCUT2D eigenvalue weighted by Crippen LogP contribution is 2.40. The highest BCUT2D eigenvalue weighted by molar-refractivity contribution is 7.10. The molecule has 0 saturated heterocycles. The van der Waals surface area contributed by atoms with Crippen molar-refractivity contribution < 1.29 is 0 Å². The van der Waals surface area contributed by atoms with Gasteiger partial charge >= 0.3 is 0 Å². The second-order valence-electron chi connectivity index (χ2n) is 5.42. The summed E-state index contributed by atoms with van der Waals surface area (Å²) < 4.78 is 0. The summed E-state index contributed by atoms with van der Waals surface area (Å²) in [4.78, 5) is 9.57. The Morgan fingerprint density at radius 2 is 2.18 bits per heavy atom. The molecule has 0 spiro atoms. The molecule has 2 nitrogen and oxygen atoms in total. The molecule has 0 fully saturated rings. The summed E-state index contributed by atoms with van der Waals surface area (Å²) in [5, 5.41) is 4.95. The number of hydrogen-bond donors (Lipinski definition) is 0. The fourth-order valence-corrected chi connectivity index (χ4v) is 5.07. The van der Waals surface area contributed by atoms with Crippen molar-refractivity contribution >= 4 is 34.3 Å². The molecule has 112 valence electrons. The molecule has 5 heteroatoms. The van der Waals surface area contributed by atoms with E-state index in [1.165, 1.54) is 20.9 Å². The fraction of sp³-hybridized carbons (Fsp3) is 0.235. The average molecular weight is 347 g/mol. The van der Waals surface area contributed by atoms with Crippen LogP contribution in [0.15, 0.2) is 47.3 Å². The lowest BCUT2D eigenvalue weighted by Gasteiger charge is -2.35. The van der Waals surface area contributed by atoms with E-state index < -0.39 is 0 Å². The summed E-state index contributed by atoms with van der Waals surface area (Å²) in [5.41, 5.74) is 2.69. The Bertz CT molecular complexity index is 767. The monoisotopic (exact) mass is 346 g/mol. The molecule has 0 aliphatic carbocycles. The fourth-order valence-electron chi connectivity index (χ4n) is 3.09. The van der Waals surface area contributed by atoms with E-state index in [-0.39, 0.29) is 0 Å². The van der Waals surface area contributed by atoms with Gasteiger partial charge in [0, 0.05) is 29.0 Å². The number of pyridine rings is 1. The molecule has 0 N–H and O–H groups in total. The lowest BCUT2D eigenvalue weighted by Crippen LogP contribution is -2.34. The molecule has 0 aromatic carbocycles. The minimum absolute atomic E-state index is 0.363. The van der Waals surface area contributed by atoms with Crippen molar-refractivity contribution in [2.24, 2.45) is 0 Å². The number of rotatable bonds is 3. The Morgan fingerprint density at radius 1 is 1.23 bits per heavy atom. The largest absolute Gasteiger partial charge is 0.287 e. The molecular weight excluding hydrogens is 332 g/mol. The zero-order valence-corrected chi connectivity index (χ0v) is 14.3. The third kappa shape index (κ3) is 2.72. The standard InChI is InChI=1S/C17H15ClN2S2/c18-16-10-12(3-6-19-16)11-20-7-4-14-13(5-9-22-14)17(20)15-2-1-8-21-15/h1-3,5-6,8-10,17H,4,7,11H2/t17-/m1/s1. The zero-order chi connectivity index (χ0) is 14.9. The van der Waals surface area contributed by atoms with E-state index in [1.807, 2.05) is 28.7 Å². The van der Waals surface area contributed by atoms with E-state index >= 15 is 0 Å². The minimum Gasteiger partial charge on any atom is -0.287 e. The van der Waals surface area contributed by atoms with Crippen LogP contribution in [0.1, 0.15) is 26.9 Å². The molecule has 1 atom stereocenters. The smallest absolute Gasteiger partial charge is 0.129 e. The van der Waals surface area contributed by atoms with Gasteiger partial charge in [-0.1, -0.05) is 17.7 Å². The van der Waals surface area contributed by atoms with Crippen LogP contribution in [0.2, 0.25) is 5.15 Å². The first kappa shape index (κ1) is 14.4. The van der Waals surface area contributed by atoms with Crippen LogP contribution >= 0.6 is 34.3 Å². The minimum atomic E-state index is 0.363. The van der Waals surface area contributed by atoms with Crippen molar-refractivity contribution in [3.8, 4) is 0 Å². The van der Waals surface area contributed by atoms with Crippen molar-refractivity contribution in [2.75, 3.05) is 6.54 Å². The zero-order valence-electron chi connectivity index (χ0n) is 11.9. The summed E-state index contributed by atoms with van der Waals surface area (Å²) in [6.07, 6.45) is 2.92. The molecule has 4 heterocycles. The third-order valence-corrected chi connectivity index (χ3v) is 6.18. The van der Waals surface area contributed by atoms with Gasteiger partial charge in [-0.15, -0.1) is 22.7 Å². The van der Waals surface area contributed by atoms with Crippen molar-refractivity contribution in [1.29, 1.82) is 0 Å². The van der Waals surface area contributed by atoms with Gasteiger partial charge in [0.1, 0.15) is 5.15 Å². The van der Waals surface area contributed by atoms with E-state index in [0.29, 0.717) is 11.2 Å². The van der Waals surface area contributed by atoms with Gasteiger partial charge in [-0.05, 0) is 52.6 Å². The quantitative estimate of drug-likeness (QED) is 0.620. The molecule has 1 aliphatic rings. The van der Waals surface area contributed by atoms with Gasteiger partial charge in [-0.3, -0.25) is 4.90 Å². The summed E-state index contributed by atoms with van der Waals surface area (Å²) in [7, 11) is 0. The van der Waals surface area contributed by atoms with E-state index in [4.69, 9.17) is 11.6 Å². The van der Waals surface area contributed by atoms with Gasteiger partial charge in [-0.25, -0.2) is 4.98 Å². The van der Waals surface area contributed by atoms with E-state index in [9.17, 15) is 0 Å². The Labute approximate surface area is 143 Å². The van der Waals surface area contributed by atoms with Crippen LogP contribution in [0.25, 0.3) is 0 Å². The summed E-state index contributed by atoms with van der Waals surface area (Å²) >= 11 is 9.76. The molecule has 22 heavy (non-hydrogen) atoms. The van der Waals surface area contributed by atoms with Crippen molar-refractivity contribution in [2.45, 2.75) is 19.0 Å². The van der Waals surface area contributed by atoms with Crippen LogP contribution in [0.5, 0.6) is 0 Å². The summed E-state index contributed by atoms with van der Waals surface area (Å²) in [6, 6.07) is 11.1.